The number of benzene rings is 1. The van der Waals surface area contributed by atoms with Crippen molar-refractivity contribution in [2.24, 2.45) is 0 Å². The molecule has 4 heteroatoms. The molecular formula is C10H17ClN2P+. The zero-order valence-corrected chi connectivity index (χ0v) is 10.8. The molecule has 0 spiro atoms. The van der Waals surface area contributed by atoms with Crippen LogP contribution >= 0.6 is 18.2 Å². The van der Waals surface area contributed by atoms with E-state index >= 15 is 0 Å². The Morgan fingerprint density at radius 2 is 1.36 bits per heavy atom. The first kappa shape index (κ1) is 11.9. The highest BCUT2D eigenvalue weighted by atomic mass is 35.7. The topological polar surface area (TPSA) is 6.48 Å². The summed E-state index contributed by atoms with van der Waals surface area (Å²) in [5.41, 5.74) is 0. The molecule has 0 aliphatic heterocycles. The minimum absolute atomic E-state index is 1.19. The van der Waals surface area contributed by atoms with Gasteiger partial charge < -0.3 is 0 Å². The van der Waals surface area contributed by atoms with E-state index in [4.69, 9.17) is 11.2 Å². The average molecular weight is 232 g/mol. The number of nitrogens with zero attached hydrogens (tertiary/aromatic N) is 2. The van der Waals surface area contributed by atoms with E-state index in [1.165, 1.54) is 5.30 Å². The van der Waals surface area contributed by atoms with Gasteiger partial charge in [-0.2, -0.15) is 9.34 Å². The summed E-state index contributed by atoms with van der Waals surface area (Å²) in [6.07, 6.45) is 0. The van der Waals surface area contributed by atoms with Crippen molar-refractivity contribution in [3.05, 3.63) is 30.3 Å². The van der Waals surface area contributed by atoms with Crippen LogP contribution in [0.3, 0.4) is 0 Å². The van der Waals surface area contributed by atoms with Crippen LogP contribution in [-0.4, -0.2) is 37.5 Å². The van der Waals surface area contributed by atoms with Crippen LogP contribution < -0.4 is 5.30 Å². The summed E-state index contributed by atoms with van der Waals surface area (Å²) in [6.45, 7) is -1.83. The average Bonchev–Trinajstić information content (AvgIpc) is 2.17. The maximum Gasteiger partial charge on any atom is 0.286 e. The highest BCUT2D eigenvalue weighted by Crippen LogP contribution is 2.65. The molecular weight excluding hydrogens is 215 g/mol. The highest BCUT2D eigenvalue weighted by molar-refractivity contribution is 8.00. The summed E-state index contributed by atoms with van der Waals surface area (Å²) in [5, 5.41) is 1.19. The fourth-order valence-corrected chi connectivity index (χ4v) is 3.97. The van der Waals surface area contributed by atoms with E-state index in [0.717, 1.165) is 0 Å². The second kappa shape index (κ2) is 4.59. The van der Waals surface area contributed by atoms with E-state index in [-0.39, 0.29) is 0 Å². The van der Waals surface area contributed by atoms with Crippen LogP contribution in [0.2, 0.25) is 0 Å². The minimum Gasteiger partial charge on any atom is -0.150 e. The van der Waals surface area contributed by atoms with Crippen molar-refractivity contribution < 1.29 is 0 Å². The van der Waals surface area contributed by atoms with Gasteiger partial charge in [-0.3, -0.25) is 0 Å². The van der Waals surface area contributed by atoms with Gasteiger partial charge in [0, 0.05) is 28.2 Å². The fraction of sp³-hybridized carbons (Fsp3) is 0.400. The number of hydrogen-bond acceptors (Lipinski definition) is 2. The lowest BCUT2D eigenvalue weighted by Crippen LogP contribution is -2.30. The Hall–Kier alpha value is -0.140. The Morgan fingerprint density at radius 3 is 1.71 bits per heavy atom. The first-order chi connectivity index (χ1) is 6.49. The number of rotatable bonds is 3. The first-order valence-corrected chi connectivity index (χ1v) is 7.09. The van der Waals surface area contributed by atoms with Gasteiger partial charge in [0.25, 0.3) is 6.92 Å². The van der Waals surface area contributed by atoms with Gasteiger partial charge in [0.2, 0.25) is 0 Å². The Bertz CT molecular complexity index is 279. The maximum atomic E-state index is 6.70. The zero-order valence-electron chi connectivity index (χ0n) is 9.11. The van der Waals surface area contributed by atoms with E-state index < -0.39 is 6.92 Å². The highest BCUT2D eigenvalue weighted by Gasteiger charge is 2.45. The normalized spacial score (nSPS) is 12.5. The minimum atomic E-state index is -1.83. The first-order valence-electron chi connectivity index (χ1n) is 4.49. The third-order valence-electron chi connectivity index (χ3n) is 2.14. The van der Waals surface area contributed by atoms with Crippen molar-refractivity contribution in [1.82, 2.24) is 9.34 Å². The van der Waals surface area contributed by atoms with E-state index in [2.05, 4.69) is 21.5 Å². The zero-order chi connectivity index (χ0) is 10.8. The van der Waals surface area contributed by atoms with Crippen LogP contribution in [0.15, 0.2) is 30.3 Å². The molecule has 14 heavy (non-hydrogen) atoms. The molecule has 78 valence electrons. The summed E-state index contributed by atoms with van der Waals surface area (Å²) in [7, 11) is 8.09. The molecule has 0 bridgehead atoms. The molecule has 0 fully saturated rings. The van der Waals surface area contributed by atoms with Gasteiger partial charge in [-0.15, -0.1) is 0 Å². The molecule has 1 rings (SSSR count). The molecule has 0 amide bonds. The molecule has 1 aromatic carbocycles. The van der Waals surface area contributed by atoms with Crippen LogP contribution in [0.4, 0.5) is 0 Å². The third kappa shape index (κ3) is 2.09. The Kier molecular flexibility index (Phi) is 3.91. The predicted molar refractivity (Wildman–Crippen MR) is 66.2 cm³/mol. The maximum absolute atomic E-state index is 6.70. The van der Waals surface area contributed by atoms with E-state index in [9.17, 15) is 0 Å². The van der Waals surface area contributed by atoms with Crippen LogP contribution in [0.1, 0.15) is 0 Å². The number of hydrogen-bond donors (Lipinski definition) is 0. The lowest BCUT2D eigenvalue weighted by atomic mass is 10.4. The summed E-state index contributed by atoms with van der Waals surface area (Å²) >= 11 is 6.70. The van der Waals surface area contributed by atoms with Gasteiger partial charge >= 0.3 is 0 Å². The number of halogens is 1. The van der Waals surface area contributed by atoms with E-state index in [1.54, 1.807) is 0 Å². The molecule has 0 heterocycles. The summed E-state index contributed by atoms with van der Waals surface area (Å²) in [4.78, 5) is 0. The Labute approximate surface area is 91.7 Å². The molecule has 1 aromatic rings. The second-order valence-electron chi connectivity index (χ2n) is 3.56. The molecule has 0 radical (unpaired) electrons. The molecule has 0 aromatic heterocycles. The van der Waals surface area contributed by atoms with E-state index in [0.29, 0.717) is 0 Å². The van der Waals surface area contributed by atoms with Gasteiger partial charge in [-0.25, -0.2) is 0 Å². The van der Waals surface area contributed by atoms with Crippen LogP contribution in [0.5, 0.6) is 0 Å². The van der Waals surface area contributed by atoms with Gasteiger partial charge in [0.15, 0.2) is 0 Å². The SMILES string of the molecule is CN(C)[P+](Cl)(c1ccccc1)N(C)C. The van der Waals surface area contributed by atoms with Gasteiger partial charge in [-0.05, 0) is 12.1 Å². The van der Waals surface area contributed by atoms with Gasteiger partial charge in [0.1, 0.15) is 16.5 Å². The molecule has 0 saturated heterocycles. The third-order valence-corrected chi connectivity index (χ3v) is 7.62. The van der Waals surface area contributed by atoms with Gasteiger partial charge in [-0.1, -0.05) is 18.2 Å². The monoisotopic (exact) mass is 231 g/mol. The van der Waals surface area contributed by atoms with Crippen molar-refractivity contribution in [3.8, 4) is 0 Å². The van der Waals surface area contributed by atoms with Crippen molar-refractivity contribution in [2.75, 3.05) is 28.2 Å². The van der Waals surface area contributed by atoms with Crippen molar-refractivity contribution in [2.45, 2.75) is 0 Å². The molecule has 0 unspecified atom stereocenters. The predicted octanol–water partition coefficient (Wildman–Crippen LogP) is 2.44. The standard InChI is InChI=1S/C10H17ClN2P/c1-12(2)14(11,13(3)4)10-8-6-5-7-9-10/h5-9H,1-4H3/q+1. The van der Waals surface area contributed by atoms with Crippen LogP contribution in [0.25, 0.3) is 0 Å². The quantitative estimate of drug-likeness (QED) is 0.738. The van der Waals surface area contributed by atoms with Crippen LogP contribution in [0, 0.1) is 0 Å². The molecule has 0 N–H and O–H groups in total. The Balaban J connectivity index is 3.13. The van der Waals surface area contributed by atoms with Gasteiger partial charge in [0.05, 0.1) is 0 Å². The Morgan fingerprint density at radius 1 is 0.929 bits per heavy atom. The van der Waals surface area contributed by atoms with E-state index in [1.807, 2.05) is 46.4 Å². The summed E-state index contributed by atoms with van der Waals surface area (Å²) in [5.74, 6) is 0. The smallest absolute Gasteiger partial charge is 0.150 e. The van der Waals surface area contributed by atoms with Crippen molar-refractivity contribution in [1.29, 1.82) is 0 Å². The summed E-state index contributed by atoms with van der Waals surface area (Å²) < 4.78 is 4.20. The lowest BCUT2D eigenvalue weighted by Gasteiger charge is -2.28. The largest absolute Gasteiger partial charge is 0.286 e. The molecule has 2 nitrogen and oxygen atoms in total. The lowest BCUT2D eigenvalue weighted by molar-refractivity contribution is 0.577. The molecule has 0 aliphatic rings. The summed E-state index contributed by atoms with van der Waals surface area (Å²) in [6, 6.07) is 10.2. The second-order valence-corrected chi connectivity index (χ2v) is 8.14. The fourth-order valence-electron chi connectivity index (χ4n) is 1.44. The molecule has 0 saturated carbocycles. The van der Waals surface area contributed by atoms with Crippen molar-refractivity contribution in [3.63, 3.8) is 0 Å². The van der Waals surface area contributed by atoms with Crippen molar-refractivity contribution >= 4 is 23.5 Å². The van der Waals surface area contributed by atoms with Crippen LogP contribution in [-0.2, 0) is 0 Å². The molecule has 0 aliphatic carbocycles. The molecule has 0 atom stereocenters.